The van der Waals surface area contributed by atoms with Gasteiger partial charge in [-0.2, -0.15) is 9.61 Å². The van der Waals surface area contributed by atoms with Crippen LogP contribution in [0.1, 0.15) is 41.5 Å². The van der Waals surface area contributed by atoms with Crippen LogP contribution in [0, 0.1) is 11.7 Å². The number of halogens is 1. The molecule has 11 heteroatoms. The Kier molecular flexibility index (Phi) is 5.86. The van der Waals surface area contributed by atoms with Crippen molar-refractivity contribution in [2.45, 2.75) is 39.3 Å². The lowest BCUT2D eigenvalue weighted by Gasteiger charge is -2.27. The van der Waals surface area contributed by atoms with E-state index in [-0.39, 0.29) is 36.1 Å². The first-order valence-electron chi connectivity index (χ1n) is 11.5. The van der Waals surface area contributed by atoms with Crippen LogP contribution in [0.5, 0.6) is 0 Å². The van der Waals surface area contributed by atoms with Gasteiger partial charge in [0.15, 0.2) is 0 Å². The van der Waals surface area contributed by atoms with Gasteiger partial charge in [0.25, 0.3) is 11.5 Å². The highest BCUT2D eigenvalue weighted by Crippen LogP contribution is 2.25. The summed E-state index contributed by atoms with van der Waals surface area (Å²) < 4.78 is 16.0. The zero-order chi connectivity index (χ0) is 23.8. The van der Waals surface area contributed by atoms with Crippen molar-refractivity contribution in [2.75, 3.05) is 25.0 Å². The minimum absolute atomic E-state index is 0.196. The van der Waals surface area contributed by atoms with E-state index in [1.807, 2.05) is 6.92 Å². The molecule has 2 aliphatic rings. The molecule has 10 nitrogen and oxygen atoms in total. The topological polar surface area (TPSA) is 114 Å². The monoisotopic (exact) mass is 467 g/mol. The molecule has 1 fully saturated rings. The number of anilines is 1. The third-order valence-corrected chi connectivity index (χ3v) is 6.46. The Labute approximate surface area is 194 Å². The fourth-order valence-corrected chi connectivity index (χ4v) is 4.70. The number of nitrogens with zero attached hydrogens (tertiary/aromatic N) is 5. The van der Waals surface area contributed by atoms with E-state index in [9.17, 15) is 18.8 Å². The molecule has 5 heterocycles. The summed E-state index contributed by atoms with van der Waals surface area (Å²) in [5.41, 5.74) is 1.33. The number of piperidine rings is 1. The molecule has 0 atom stereocenters. The smallest absolute Gasteiger partial charge is 0.280 e. The summed E-state index contributed by atoms with van der Waals surface area (Å²) in [5, 5.41) is 10.3. The van der Waals surface area contributed by atoms with Crippen molar-refractivity contribution in [1.82, 2.24) is 29.4 Å². The van der Waals surface area contributed by atoms with Gasteiger partial charge in [-0.1, -0.05) is 6.92 Å². The molecule has 0 saturated carbocycles. The van der Waals surface area contributed by atoms with Crippen molar-refractivity contribution in [3.8, 4) is 0 Å². The molecule has 0 radical (unpaired) electrons. The van der Waals surface area contributed by atoms with E-state index in [1.165, 1.54) is 16.6 Å². The molecule has 0 aromatic carbocycles. The number of amides is 2. The van der Waals surface area contributed by atoms with Crippen molar-refractivity contribution in [2.24, 2.45) is 5.92 Å². The SMILES string of the molecule is CCc1cc2n(CC(=O)Nc3ccc(F)cn3)c3c(c(=O)n2n1)CN(CC1CCNCC1)C3=O. The Morgan fingerprint density at radius 3 is 2.76 bits per heavy atom. The molecule has 0 unspecified atom stereocenters. The maximum atomic E-state index is 13.5. The van der Waals surface area contributed by atoms with Crippen molar-refractivity contribution in [3.63, 3.8) is 0 Å². The van der Waals surface area contributed by atoms with E-state index >= 15 is 0 Å². The molecule has 3 aromatic heterocycles. The maximum Gasteiger partial charge on any atom is 0.280 e. The number of aryl methyl sites for hydroxylation is 1. The third-order valence-electron chi connectivity index (χ3n) is 6.46. The van der Waals surface area contributed by atoms with E-state index < -0.39 is 11.7 Å². The maximum absolute atomic E-state index is 13.5. The third kappa shape index (κ3) is 4.07. The van der Waals surface area contributed by atoms with Crippen LogP contribution in [0.2, 0.25) is 0 Å². The summed E-state index contributed by atoms with van der Waals surface area (Å²) in [7, 11) is 0. The summed E-state index contributed by atoms with van der Waals surface area (Å²) in [4.78, 5) is 45.2. The van der Waals surface area contributed by atoms with Crippen LogP contribution >= 0.6 is 0 Å². The number of carbonyl (C=O) groups is 2. The fourth-order valence-electron chi connectivity index (χ4n) is 4.70. The van der Waals surface area contributed by atoms with E-state index in [1.54, 1.807) is 15.5 Å². The quantitative estimate of drug-likeness (QED) is 0.563. The average Bonchev–Trinajstić information content (AvgIpc) is 3.41. The van der Waals surface area contributed by atoms with E-state index in [0.717, 1.165) is 32.1 Å². The molecule has 178 valence electrons. The normalized spacial score (nSPS) is 16.3. The van der Waals surface area contributed by atoms with Gasteiger partial charge in [0.2, 0.25) is 5.91 Å². The molecule has 1 saturated heterocycles. The van der Waals surface area contributed by atoms with Gasteiger partial charge in [-0.15, -0.1) is 0 Å². The predicted octanol–water partition coefficient (Wildman–Crippen LogP) is 1.19. The van der Waals surface area contributed by atoms with Gasteiger partial charge >= 0.3 is 0 Å². The van der Waals surface area contributed by atoms with Gasteiger partial charge in [-0.05, 0) is 50.4 Å². The Morgan fingerprint density at radius 1 is 1.26 bits per heavy atom. The van der Waals surface area contributed by atoms with Gasteiger partial charge in [-0.3, -0.25) is 14.4 Å². The lowest BCUT2D eigenvalue weighted by molar-refractivity contribution is -0.116. The standard InChI is InChI=1S/C23H26FN7O3/c1-2-16-9-20-30(13-19(32)27-18-4-3-15(24)10-26-18)21-17(22(33)31(20)28-16)12-29(23(21)34)11-14-5-7-25-8-6-14/h3-4,9-10,14,25H,2,5-8,11-13H2,1H3,(H,26,27,32). The second-order valence-electron chi connectivity index (χ2n) is 8.77. The summed E-state index contributed by atoms with van der Waals surface area (Å²) in [5.74, 6) is -0.645. The zero-order valence-corrected chi connectivity index (χ0v) is 18.9. The number of hydrogen-bond donors (Lipinski definition) is 2. The Balaban J connectivity index is 1.50. The summed E-state index contributed by atoms with van der Waals surface area (Å²) >= 11 is 0. The molecule has 3 aromatic rings. The second-order valence-corrected chi connectivity index (χ2v) is 8.77. The van der Waals surface area contributed by atoms with Crippen molar-refractivity contribution in [3.05, 3.63) is 57.5 Å². The molecular formula is C23H26FN7O3. The number of fused-ring (bicyclic) bond motifs is 2. The van der Waals surface area contributed by atoms with Crippen molar-refractivity contribution < 1.29 is 14.0 Å². The van der Waals surface area contributed by atoms with Gasteiger partial charge < -0.3 is 20.1 Å². The van der Waals surface area contributed by atoms with Gasteiger partial charge in [0.1, 0.15) is 29.5 Å². The van der Waals surface area contributed by atoms with Gasteiger partial charge in [0, 0.05) is 12.6 Å². The molecule has 2 amide bonds. The first-order chi connectivity index (χ1) is 16.4. The van der Waals surface area contributed by atoms with Crippen molar-refractivity contribution >= 4 is 23.3 Å². The summed E-state index contributed by atoms with van der Waals surface area (Å²) in [6, 6.07) is 4.29. The fraction of sp³-hybridized carbons (Fsp3) is 0.435. The Bertz CT molecular complexity index is 1310. The highest BCUT2D eigenvalue weighted by Gasteiger charge is 2.36. The highest BCUT2D eigenvalue weighted by molar-refractivity contribution is 5.98. The molecule has 5 rings (SSSR count). The summed E-state index contributed by atoms with van der Waals surface area (Å²) in [6.45, 7) is 4.31. The zero-order valence-electron chi connectivity index (χ0n) is 18.9. The van der Waals surface area contributed by atoms with Crippen LogP contribution < -0.4 is 16.2 Å². The number of hydrogen-bond acceptors (Lipinski definition) is 6. The molecule has 34 heavy (non-hydrogen) atoms. The van der Waals surface area contributed by atoms with E-state index in [4.69, 9.17) is 0 Å². The van der Waals surface area contributed by atoms with Crippen LogP contribution in [0.4, 0.5) is 10.2 Å². The van der Waals surface area contributed by atoms with Gasteiger partial charge in [-0.25, -0.2) is 9.37 Å². The van der Waals surface area contributed by atoms with Crippen LogP contribution in [0.25, 0.3) is 5.65 Å². The van der Waals surface area contributed by atoms with E-state index in [0.29, 0.717) is 35.8 Å². The van der Waals surface area contributed by atoms with Crippen LogP contribution in [-0.4, -0.2) is 55.5 Å². The minimum Gasteiger partial charge on any atom is -0.332 e. The van der Waals surface area contributed by atoms with Gasteiger partial charge in [0.05, 0.1) is 24.0 Å². The number of carbonyl (C=O) groups excluding carboxylic acids is 2. The van der Waals surface area contributed by atoms with E-state index in [2.05, 4.69) is 20.7 Å². The number of pyridine rings is 1. The Morgan fingerprint density at radius 2 is 2.06 bits per heavy atom. The number of aromatic nitrogens is 4. The van der Waals surface area contributed by atoms with Crippen LogP contribution in [0.3, 0.4) is 0 Å². The van der Waals surface area contributed by atoms with Crippen molar-refractivity contribution in [1.29, 1.82) is 0 Å². The first kappa shape index (κ1) is 22.2. The lowest BCUT2D eigenvalue weighted by Crippen LogP contribution is -2.36. The lowest BCUT2D eigenvalue weighted by atomic mass is 9.98. The molecule has 0 bridgehead atoms. The number of rotatable bonds is 6. The molecular weight excluding hydrogens is 441 g/mol. The minimum atomic E-state index is -0.510. The average molecular weight is 468 g/mol. The highest BCUT2D eigenvalue weighted by atomic mass is 19.1. The molecule has 0 spiro atoms. The predicted molar refractivity (Wildman–Crippen MR) is 122 cm³/mol. The van der Waals surface area contributed by atoms with Crippen LogP contribution in [-0.2, 0) is 24.3 Å². The molecule has 2 aliphatic heterocycles. The number of nitrogens with one attached hydrogen (secondary N) is 2. The first-order valence-corrected chi connectivity index (χ1v) is 11.5. The largest absolute Gasteiger partial charge is 0.332 e. The second kappa shape index (κ2) is 8.98. The summed E-state index contributed by atoms with van der Waals surface area (Å²) in [6.07, 6.45) is 3.56. The van der Waals surface area contributed by atoms with Crippen LogP contribution in [0.15, 0.2) is 29.2 Å². The molecule has 2 N–H and O–H groups in total. The Hall–Kier alpha value is -3.60. The molecule has 0 aliphatic carbocycles.